The number of rotatable bonds is 7. The van der Waals surface area contributed by atoms with Crippen molar-refractivity contribution in [3.8, 4) is 0 Å². The number of nitrogens with zero attached hydrogens (tertiary/aromatic N) is 1. The summed E-state index contributed by atoms with van der Waals surface area (Å²) in [6.07, 6.45) is -0.600. The highest BCUT2D eigenvalue weighted by molar-refractivity contribution is 9.11. The molecule has 2 N–H and O–H groups in total. The van der Waals surface area contributed by atoms with Gasteiger partial charge in [-0.1, -0.05) is 15.9 Å². The third kappa shape index (κ3) is 6.32. The molecule has 0 spiro atoms. The maximum atomic E-state index is 11.9. The van der Waals surface area contributed by atoms with Crippen molar-refractivity contribution in [1.82, 2.24) is 4.90 Å². The van der Waals surface area contributed by atoms with Crippen LogP contribution in [-0.4, -0.2) is 55.9 Å². The van der Waals surface area contributed by atoms with E-state index < -0.39 is 6.10 Å². The number of nitrogens with one attached hydrogen (secondary N) is 1. The highest BCUT2D eigenvalue weighted by Gasteiger charge is 2.12. The van der Waals surface area contributed by atoms with E-state index in [0.29, 0.717) is 12.2 Å². The van der Waals surface area contributed by atoms with Gasteiger partial charge in [0, 0.05) is 22.6 Å². The summed E-state index contributed by atoms with van der Waals surface area (Å²) in [4.78, 5) is 13.6. The van der Waals surface area contributed by atoms with Crippen molar-refractivity contribution < 1.29 is 14.6 Å². The van der Waals surface area contributed by atoms with Crippen molar-refractivity contribution in [2.75, 3.05) is 39.2 Å². The molecular weight excluding hydrogens is 392 g/mol. The van der Waals surface area contributed by atoms with Gasteiger partial charge < -0.3 is 15.2 Å². The minimum Gasteiger partial charge on any atom is -0.389 e. The molecule has 0 saturated heterocycles. The lowest BCUT2D eigenvalue weighted by Crippen LogP contribution is -2.37. The van der Waals surface area contributed by atoms with Crippen LogP contribution in [0.5, 0.6) is 0 Å². The van der Waals surface area contributed by atoms with E-state index in [4.69, 9.17) is 4.74 Å². The Morgan fingerprint density at radius 1 is 1.50 bits per heavy atom. The summed E-state index contributed by atoms with van der Waals surface area (Å²) in [5.41, 5.74) is 0.712. The number of methoxy groups -OCH3 is 1. The van der Waals surface area contributed by atoms with Crippen LogP contribution >= 0.6 is 31.9 Å². The lowest BCUT2D eigenvalue weighted by molar-refractivity contribution is -0.117. The van der Waals surface area contributed by atoms with Gasteiger partial charge in [-0.05, 0) is 41.2 Å². The molecule has 0 aliphatic rings. The normalized spacial score (nSPS) is 12.5. The zero-order valence-electron chi connectivity index (χ0n) is 11.4. The fourth-order valence-electron chi connectivity index (χ4n) is 1.70. The quantitative estimate of drug-likeness (QED) is 0.723. The summed E-state index contributed by atoms with van der Waals surface area (Å²) in [6.45, 7) is 0.830. The van der Waals surface area contributed by atoms with Gasteiger partial charge in [-0.3, -0.25) is 9.69 Å². The molecule has 1 atom stereocenters. The molecule has 0 heterocycles. The van der Waals surface area contributed by atoms with E-state index in [1.165, 1.54) is 7.11 Å². The summed E-state index contributed by atoms with van der Waals surface area (Å²) in [5.74, 6) is -0.139. The van der Waals surface area contributed by atoms with Gasteiger partial charge in [0.25, 0.3) is 0 Å². The Bertz CT molecular complexity index is 457. The van der Waals surface area contributed by atoms with Crippen LogP contribution in [0.25, 0.3) is 0 Å². The molecular formula is C13H18Br2N2O3. The fourth-order valence-corrected chi connectivity index (χ4v) is 2.84. The number of aliphatic hydroxyl groups excluding tert-OH is 1. The van der Waals surface area contributed by atoms with E-state index in [1.807, 2.05) is 18.2 Å². The van der Waals surface area contributed by atoms with Crippen LogP contribution in [0.4, 0.5) is 5.69 Å². The second kappa shape index (κ2) is 8.74. The summed E-state index contributed by atoms with van der Waals surface area (Å²) >= 11 is 6.74. The van der Waals surface area contributed by atoms with Gasteiger partial charge in [0.15, 0.2) is 0 Å². The summed E-state index contributed by atoms with van der Waals surface area (Å²) < 4.78 is 6.58. The first-order chi connectivity index (χ1) is 9.42. The van der Waals surface area contributed by atoms with Crippen molar-refractivity contribution in [1.29, 1.82) is 0 Å². The lowest BCUT2D eigenvalue weighted by atomic mass is 10.3. The number of hydrogen-bond donors (Lipinski definition) is 2. The summed E-state index contributed by atoms with van der Waals surface area (Å²) in [6, 6.07) is 5.53. The van der Waals surface area contributed by atoms with Crippen LogP contribution in [0.1, 0.15) is 0 Å². The molecule has 5 nitrogen and oxygen atoms in total. The predicted molar refractivity (Wildman–Crippen MR) is 85.9 cm³/mol. The van der Waals surface area contributed by atoms with Gasteiger partial charge in [0.2, 0.25) is 5.91 Å². The molecule has 1 aromatic rings. The number of hydrogen-bond acceptors (Lipinski definition) is 4. The molecule has 0 fully saturated rings. The minimum atomic E-state index is -0.600. The molecule has 0 radical (unpaired) electrons. The number of amides is 1. The predicted octanol–water partition coefficient (Wildman–Crippen LogP) is 2.09. The van der Waals surface area contributed by atoms with Crippen molar-refractivity contribution in [3.63, 3.8) is 0 Å². The molecule has 1 aromatic carbocycles. The first-order valence-electron chi connectivity index (χ1n) is 6.02. The second-order valence-electron chi connectivity index (χ2n) is 4.48. The molecule has 7 heteroatoms. The molecule has 0 aliphatic heterocycles. The number of anilines is 1. The highest BCUT2D eigenvalue weighted by Crippen LogP contribution is 2.25. The SMILES string of the molecule is COCC(O)CN(C)CC(=O)Nc1ccc(Br)cc1Br. The zero-order valence-corrected chi connectivity index (χ0v) is 14.6. The van der Waals surface area contributed by atoms with E-state index in [2.05, 4.69) is 37.2 Å². The van der Waals surface area contributed by atoms with E-state index in [1.54, 1.807) is 11.9 Å². The van der Waals surface area contributed by atoms with Crippen LogP contribution in [0.2, 0.25) is 0 Å². The molecule has 1 rings (SSSR count). The number of likely N-dealkylation sites (N-methyl/N-ethyl adjacent to an activating group) is 1. The van der Waals surface area contributed by atoms with E-state index in [-0.39, 0.29) is 19.1 Å². The number of carbonyl (C=O) groups is 1. The van der Waals surface area contributed by atoms with Crippen molar-refractivity contribution >= 4 is 43.5 Å². The second-order valence-corrected chi connectivity index (χ2v) is 6.25. The number of carbonyl (C=O) groups excluding carboxylic acids is 1. The van der Waals surface area contributed by atoms with E-state index in [9.17, 15) is 9.90 Å². The van der Waals surface area contributed by atoms with E-state index >= 15 is 0 Å². The topological polar surface area (TPSA) is 61.8 Å². The Kier molecular flexibility index (Phi) is 7.68. The van der Waals surface area contributed by atoms with Gasteiger partial charge in [0.05, 0.1) is 24.9 Å². The molecule has 1 amide bonds. The Morgan fingerprint density at radius 2 is 2.20 bits per heavy atom. The van der Waals surface area contributed by atoms with Crippen LogP contribution < -0.4 is 5.32 Å². The minimum absolute atomic E-state index is 0.139. The Labute approximate surface area is 135 Å². The average molecular weight is 410 g/mol. The molecule has 112 valence electrons. The summed E-state index contributed by atoms with van der Waals surface area (Å²) in [7, 11) is 3.30. The average Bonchev–Trinajstić information content (AvgIpc) is 2.32. The highest BCUT2D eigenvalue weighted by atomic mass is 79.9. The molecule has 0 saturated carbocycles. The smallest absolute Gasteiger partial charge is 0.238 e. The maximum absolute atomic E-state index is 11.9. The Hall–Kier alpha value is -0.470. The van der Waals surface area contributed by atoms with Gasteiger partial charge in [-0.25, -0.2) is 0 Å². The first-order valence-corrected chi connectivity index (χ1v) is 7.61. The van der Waals surface area contributed by atoms with Crippen LogP contribution in [0, 0.1) is 0 Å². The summed E-state index contributed by atoms with van der Waals surface area (Å²) in [5, 5.41) is 12.4. The van der Waals surface area contributed by atoms with Crippen LogP contribution in [-0.2, 0) is 9.53 Å². The van der Waals surface area contributed by atoms with Gasteiger partial charge in [0.1, 0.15) is 0 Å². The molecule has 20 heavy (non-hydrogen) atoms. The van der Waals surface area contributed by atoms with E-state index in [0.717, 1.165) is 8.95 Å². The Morgan fingerprint density at radius 3 is 2.80 bits per heavy atom. The van der Waals surface area contributed by atoms with Gasteiger partial charge in [-0.2, -0.15) is 0 Å². The van der Waals surface area contributed by atoms with Crippen molar-refractivity contribution in [3.05, 3.63) is 27.1 Å². The molecule has 0 aliphatic carbocycles. The van der Waals surface area contributed by atoms with Crippen molar-refractivity contribution in [2.45, 2.75) is 6.10 Å². The number of benzene rings is 1. The number of aliphatic hydroxyl groups is 1. The van der Waals surface area contributed by atoms with Crippen LogP contribution in [0.15, 0.2) is 27.1 Å². The zero-order chi connectivity index (χ0) is 15.1. The largest absolute Gasteiger partial charge is 0.389 e. The monoisotopic (exact) mass is 408 g/mol. The third-order valence-corrected chi connectivity index (χ3v) is 3.65. The number of ether oxygens (including phenoxy) is 1. The van der Waals surface area contributed by atoms with Gasteiger partial charge >= 0.3 is 0 Å². The fraction of sp³-hybridized carbons (Fsp3) is 0.462. The number of halogens is 2. The lowest BCUT2D eigenvalue weighted by Gasteiger charge is -2.19. The standard InChI is InChI=1S/C13H18Br2N2O3/c1-17(6-10(18)8-20-2)7-13(19)16-12-4-3-9(14)5-11(12)15/h3-5,10,18H,6-8H2,1-2H3,(H,16,19). The molecule has 1 unspecified atom stereocenters. The maximum Gasteiger partial charge on any atom is 0.238 e. The van der Waals surface area contributed by atoms with Crippen molar-refractivity contribution in [2.24, 2.45) is 0 Å². The first kappa shape index (κ1) is 17.6. The van der Waals surface area contributed by atoms with Crippen LogP contribution in [0.3, 0.4) is 0 Å². The Balaban J connectivity index is 2.46. The molecule has 0 aromatic heterocycles. The molecule has 0 bridgehead atoms. The van der Waals surface area contributed by atoms with Gasteiger partial charge in [-0.15, -0.1) is 0 Å². The third-order valence-electron chi connectivity index (χ3n) is 2.50.